The molecule has 9 nitrogen and oxygen atoms in total. The number of amides is 1. The Labute approximate surface area is 217 Å². The van der Waals surface area contributed by atoms with Crippen LogP contribution in [0.3, 0.4) is 0 Å². The van der Waals surface area contributed by atoms with E-state index in [0.29, 0.717) is 40.7 Å². The number of nitrogens with one attached hydrogen (secondary N) is 2. The van der Waals surface area contributed by atoms with Gasteiger partial charge < -0.3 is 24.4 Å². The van der Waals surface area contributed by atoms with E-state index in [1.165, 1.54) is 6.42 Å². The van der Waals surface area contributed by atoms with Crippen molar-refractivity contribution >= 4 is 22.7 Å². The minimum absolute atomic E-state index is 0.140. The van der Waals surface area contributed by atoms with Gasteiger partial charge in [-0.1, -0.05) is 0 Å². The number of fused-ring (bicyclic) bond motifs is 1. The van der Waals surface area contributed by atoms with Crippen LogP contribution >= 0.6 is 0 Å². The third-order valence-electron chi connectivity index (χ3n) is 7.70. The molecule has 1 amide bonds. The summed E-state index contributed by atoms with van der Waals surface area (Å²) in [6.45, 7) is 13.0. The van der Waals surface area contributed by atoms with E-state index in [1.54, 1.807) is 0 Å². The van der Waals surface area contributed by atoms with E-state index in [4.69, 9.17) is 14.1 Å². The third kappa shape index (κ3) is 5.15. The summed E-state index contributed by atoms with van der Waals surface area (Å²) in [4.78, 5) is 38.5. The van der Waals surface area contributed by atoms with Gasteiger partial charge in [-0.25, -0.2) is 4.98 Å². The van der Waals surface area contributed by atoms with Crippen LogP contribution in [0.15, 0.2) is 21.3 Å². The first-order chi connectivity index (χ1) is 17.9. The number of carbonyl (C=O) groups is 1. The molecule has 1 aromatic carbocycles. The van der Waals surface area contributed by atoms with Gasteiger partial charge in [0.15, 0.2) is 5.58 Å². The number of likely N-dealkylation sites (tertiary alicyclic amines) is 1. The first-order valence-electron chi connectivity index (χ1n) is 13.3. The number of aromatic nitrogens is 2. The highest BCUT2D eigenvalue weighted by Gasteiger charge is 2.28. The van der Waals surface area contributed by atoms with Crippen molar-refractivity contribution in [1.82, 2.24) is 20.2 Å². The maximum Gasteiger partial charge on any atom is 0.254 e. The van der Waals surface area contributed by atoms with Gasteiger partial charge in [-0.3, -0.25) is 14.5 Å². The smallest absolute Gasteiger partial charge is 0.254 e. The van der Waals surface area contributed by atoms with Gasteiger partial charge in [-0.15, -0.1) is 0 Å². The molecule has 37 heavy (non-hydrogen) atoms. The average molecular weight is 508 g/mol. The average Bonchev–Trinajstić information content (AvgIpc) is 3.24. The molecule has 0 atom stereocenters. The molecule has 0 aliphatic carbocycles. The van der Waals surface area contributed by atoms with Gasteiger partial charge in [-0.2, -0.15) is 0 Å². The SMILES string of the molecule is CCN(c1cc2oc(CN3CCC3)nc2c(C(=O)NCc2c(C)cc(C)[nH]c2=O)c1C)C1CCOCC1. The minimum atomic E-state index is -0.254. The van der Waals surface area contributed by atoms with Crippen molar-refractivity contribution in [1.29, 1.82) is 0 Å². The number of nitrogens with zero attached hydrogens (tertiary/aromatic N) is 3. The van der Waals surface area contributed by atoms with Crippen LogP contribution in [0.4, 0.5) is 5.69 Å². The van der Waals surface area contributed by atoms with Crippen molar-refractivity contribution in [3.8, 4) is 0 Å². The summed E-state index contributed by atoms with van der Waals surface area (Å²) in [7, 11) is 0. The summed E-state index contributed by atoms with van der Waals surface area (Å²) < 4.78 is 11.8. The lowest BCUT2D eigenvalue weighted by molar-refractivity contribution is 0.0846. The van der Waals surface area contributed by atoms with Gasteiger partial charge in [0.2, 0.25) is 5.89 Å². The molecule has 2 aliphatic heterocycles. The predicted molar refractivity (Wildman–Crippen MR) is 143 cm³/mol. The number of hydrogen-bond donors (Lipinski definition) is 2. The maximum atomic E-state index is 13.7. The molecule has 4 heterocycles. The fourth-order valence-electron chi connectivity index (χ4n) is 5.55. The predicted octanol–water partition coefficient (Wildman–Crippen LogP) is 3.58. The molecule has 9 heteroatoms. The Morgan fingerprint density at radius 2 is 1.97 bits per heavy atom. The van der Waals surface area contributed by atoms with Crippen LogP contribution in [0.1, 0.15) is 64.8 Å². The summed E-state index contributed by atoms with van der Waals surface area (Å²) in [5.74, 6) is 0.371. The number of carbonyl (C=O) groups excluding carboxylic acids is 1. The molecular formula is C28H37N5O4. The summed E-state index contributed by atoms with van der Waals surface area (Å²) in [5.41, 5.74) is 5.60. The van der Waals surface area contributed by atoms with E-state index in [-0.39, 0.29) is 18.0 Å². The largest absolute Gasteiger partial charge is 0.439 e. The van der Waals surface area contributed by atoms with Crippen LogP contribution in [0, 0.1) is 20.8 Å². The second-order valence-electron chi connectivity index (χ2n) is 10.2. The monoisotopic (exact) mass is 507 g/mol. The second-order valence-corrected chi connectivity index (χ2v) is 10.2. The van der Waals surface area contributed by atoms with Gasteiger partial charge in [0, 0.05) is 55.4 Å². The van der Waals surface area contributed by atoms with Crippen molar-refractivity contribution in [3.05, 3.63) is 56.3 Å². The first kappa shape index (κ1) is 25.5. The Morgan fingerprint density at radius 3 is 2.62 bits per heavy atom. The highest BCUT2D eigenvalue weighted by molar-refractivity contribution is 6.07. The first-order valence-corrected chi connectivity index (χ1v) is 13.3. The summed E-state index contributed by atoms with van der Waals surface area (Å²) in [5, 5.41) is 3.00. The van der Waals surface area contributed by atoms with Crippen LogP contribution < -0.4 is 15.8 Å². The van der Waals surface area contributed by atoms with Crippen LogP contribution in [-0.2, 0) is 17.8 Å². The van der Waals surface area contributed by atoms with Gasteiger partial charge in [0.1, 0.15) is 5.52 Å². The molecule has 2 aliphatic rings. The van der Waals surface area contributed by atoms with Crippen molar-refractivity contribution in [2.24, 2.45) is 0 Å². The number of H-pyrrole nitrogens is 1. The molecule has 0 radical (unpaired) electrons. The van der Waals surface area contributed by atoms with Crippen molar-refractivity contribution < 1.29 is 13.9 Å². The van der Waals surface area contributed by atoms with Crippen LogP contribution in [0.2, 0.25) is 0 Å². The molecule has 5 rings (SSSR count). The second kappa shape index (κ2) is 10.7. The van der Waals surface area contributed by atoms with E-state index in [2.05, 4.69) is 27.0 Å². The van der Waals surface area contributed by atoms with E-state index in [1.807, 2.05) is 32.9 Å². The van der Waals surface area contributed by atoms with Gasteiger partial charge >= 0.3 is 0 Å². The molecule has 0 spiro atoms. The van der Waals surface area contributed by atoms with Crippen molar-refractivity contribution in [3.63, 3.8) is 0 Å². The Morgan fingerprint density at radius 1 is 1.22 bits per heavy atom. The Hall–Kier alpha value is -3.17. The lowest BCUT2D eigenvalue weighted by Crippen LogP contribution is -2.40. The number of aryl methyl sites for hydroxylation is 2. The van der Waals surface area contributed by atoms with Gasteiger partial charge in [0.25, 0.3) is 11.5 Å². The minimum Gasteiger partial charge on any atom is -0.439 e. The van der Waals surface area contributed by atoms with Crippen LogP contribution in [0.5, 0.6) is 0 Å². The fourth-order valence-corrected chi connectivity index (χ4v) is 5.55. The van der Waals surface area contributed by atoms with Crippen molar-refractivity contribution in [2.75, 3.05) is 37.7 Å². The Kier molecular flexibility index (Phi) is 7.35. The summed E-state index contributed by atoms with van der Waals surface area (Å²) in [6, 6.07) is 4.30. The van der Waals surface area contributed by atoms with E-state index < -0.39 is 0 Å². The molecule has 2 saturated heterocycles. The van der Waals surface area contributed by atoms with Gasteiger partial charge in [-0.05, 0) is 77.2 Å². The number of ether oxygens (including phenoxy) is 1. The molecule has 0 bridgehead atoms. The Bertz CT molecular complexity index is 1350. The zero-order valence-electron chi connectivity index (χ0n) is 22.3. The molecule has 2 N–H and O–H groups in total. The molecule has 0 unspecified atom stereocenters. The molecule has 0 saturated carbocycles. The number of anilines is 1. The fraction of sp³-hybridized carbons (Fsp3) is 0.536. The molecule has 3 aromatic rings. The Balaban J connectivity index is 1.53. The zero-order valence-corrected chi connectivity index (χ0v) is 22.3. The number of rotatable bonds is 8. The van der Waals surface area contributed by atoms with Crippen molar-refractivity contribution in [2.45, 2.75) is 66.1 Å². The number of oxazole rings is 1. The topological polar surface area (TPSA) is 104 Å². The molecule has 2 aromatic heterocycles. The van der Waals surface area contributed by atoms with E-state index >= 15 is 0 Å². The third-order valence-corrected chi connectivity index (χ3v) is 7.70. The lowest BCUT2D eigenvalue weighted by Gasteiger charge is -2.36. The molecular weight excluding hydrogens is 470 g/mol. The van der Waals surface area contributed by atoms with E-state index in [9.17, 15) is 9.59 Å². The lowest BCUT2D eigenvalue weighted by atomic mass is 9.99. The maximum absolute atomic E-state index is 13.7. The number of aromatic amines is 1. The molecule has 198 valence electrons. The quantitative estimate of drug-likeness (QED) is 0.480. The summed E-state index contributed by atoms with van der Waals surface area (Å²) in [6.07, 6.45) is 3.07. The summed E-state index contributed by atoms with van der Waals surface area (Å²) >= 11 is 0. The number of benzene rings is 1. The molecule has 2 fully saturated rings. The highest BCUT2D eigenvalue weighted by atomic mass is 16.5. The van der Waals surface area contributed by atoms with Crippen LogP contribution in [0.25, 0.3) is 11.1 Å². The zero-order chi connectivity index (χ0) is 26.1. The van der Waals surface area contributed by atoms with Crippen LogP contribution in [-0.4, -0.2) is 59.7 Å². The highest BCUT2D eigenvalue weighted by Crippen LogP contribution is 2.34. The van der Waals surface area contributed by atoms with Gasteiger partial charge in [0.05, 0.1) is 12.1 Å². The van der Waals surface area contributed by atoms with E-state index in [0.717, 1.165) is 68.2 Å². The number of pyridine rings is 1. The number of hydrogen-bond acceptors (Lipinski definition) is 7. The standard InChI is InChI=1S/C28H37N5O4/c1-5-33(20-7-11-36-12-8-20)22-14-23-26(31-24(37-23)16-32-9-6-10-32)25(19(22)4)28(35)29-15-21-17(2)13-18(3)30-27(21)34/h13-14,20H,5-12,15-16H2,1-4H3,(H,29,35)(H,30,34). The normalized spacial score (nSPS) is 16.6.